The molecular weight excluding hydrogens is 630 g/mol. The van der Waals surface area contributed by atoms with E-state index in [4.69, 9.17) is 9.47 Å². The van der Waals surface area contributed by atoms with Crippen molar-refractivity contribution in [1.29, 1.82) is 0 Å². The van der Waals surface area contributed by atoms with Crippen molar-refractivity contribution < 1.29 is 27.8 Å². The molecule has 2 aliphatic heterocycles. The summed E-state index contributed by atoms with van der Waals surface area (Å²) < 4.78 is 43.9. The second-order valence-electron chi connectivity index (χ2n) is 14.4. The molecule has 0 unspecified atom stereocenters. The van der Waals surface area contributed by atoms with Gasteiger partial charge in [0.05, 0.1) is 30.7 Å². The summed E-state index contributed by atoms with van der Waals surface area (Å²) in [5.74, 6) is -0.737. The van der Waals surface area contributed by atoms with Crippen molar-refractivity contribution in [2.45, 2.75) is 89.8 Å². The summed E-state index contributed by atoms with van der Waals surface area (Å²) in [4.78, 5) is 17.3. The van der Waals surface area contributed by atoms with E-state index in [1.807, 2.05) is 43.7 Å². The molecule has 0 amide bonds. The third kappa shape index (κ3) is 5.67. The van der Waals surface area contributed by atoms with E-state index in [2.05, 4.69) is 21.4 Å². The Hall–Kier alpha value is -3.87. The number of aromatic nitrogens is 4. The Balaban J connectivity index is 1.32. The zero-order valence-electron chi connectivity index (χ0n) is 28.2. The maximum absolute atomic E-state index is 14.2. The van der Waals surface area contributed by atoms with E-state index in [9.17, 15) is 18.3 Å². The first-order valence-electron chi connectivity index (χ1n) is 16.7. The lowest BCUT2D eigenvalue weighted by Crippen LogP contribution is -2.50. The van der Waals surface area contributed by atoms with Crippen LogP contribution in [0.1, 0.15) is 78.8 Å². The number of ether oxygens (including phenoxy) is 2. The van der Waals surface area contributed by atoms with Crippen molar-refractivity contribution >= 4 is 27.0 Å². The summed E-state index contributed by atoms with van der Waals surface area (Å²) in [5.41, 5.74) is 5.06. The number of hydrogen-bond donors (Lipinski definition) is 1. The van der Waals surface area contributed by atoms with Crippen molar-refractivity contribution in [3.05, 3.63) is 76.0 Å². The summed E-state index contributed by atoms with van der Waals surface area (Å²) in [6, 6.07) is 11.2. The molecule has 1 saturated carbocycles. The Morgan fingerprint density at radius 3 is 2.56 bits per heavy atom. The minimum atomic E-state index is -3.98. The fourth-order valence-electron chi connectivity index (χ4n) is 7.39. The van der Waals surface area contributed by atoms with Crippen LogP contribution < -0.4 is 4.74 Å². The van der Waals surface area contributed by atoms with Gasteiger partial charge in [-0.25, -0.2) is 18.1 Å². The van der Waals surface area contributed by atoms with Crippen LogP contribution in [0.25, 0.3) is 11.0 Å². The molecule has 1 atom stereocenters. The Labute approximate surface area is 281 Å². The molecule has 12 heteroatoms. The quantitative estimate of drug-likeness (QED) is 0.256. The second-order valence-corrected chi connectivity index (χ2v) is 16.3. The maximum Gasteiger partial charge on any atom is 0.310 e. The van der Waals surface area contributed by atoms with Crippen LogP contribution in [0.15, 0.2) is 47.5 Å². The summed E-state index contributed by atoms with van der Waals surface area (Å²) in [5, 5.41) is 19.7. The van der Waals surface area contributed by atoms with Gasteiger partial charge in [-0.3, -0.25) is 4.79 Å². The van der Waals surface area contributed by atoms with Gasteiger partial charge < -0.3 is 14.6 Å². The molecule has 1 saturated heterocycles. The van der Waals surface area contributed by atoms with Crippen LogP contribution in [0, 0.1) is 32.1 Å². The van der Waals surface area contributed by atoms with Gasteiger partial charge in [-0.15, -0.1) is 5.10 Å². The van der Waals surface area contributed by atoms with E-state index in [0.717, 1.165) is 51.0 Å². The van der Waals surface area contributed by atoms with E-state index in [0.29, 0.717) is 32.0 Å². The zero-order chi connectivity index (χ0) is 34.0. The molecule has 0 radical (unpaired) electrons. The van der Waals surface area contributed by atoms with Crippen LogP contribution in [-0.2, 0) is 32.6 Å². The number of fused-ring (bicyclic) bond motifs is 2. The van der Waals surface area contributed by atoms with Gasteiger partial charge in [0.2, 0.25) is 15.9 Å². The van der Waals surface area contributed by atoms with Crippen molar-refractivity contribution in [3.8, 4) is 5.88 Å². The van der Waals surface area contributed by atoms with Crippen LogP contribution >= 0.6 is 0 Å². The average molecular weight is 674 g/mol. The van der Waals surface area contributed by atoms with Crippen LogP contribution in [0.2, 0.25) is 0 Å². The fraction of sp³-hybridized carbons (Fsp3) is 0.500. The molecule has 2 aromatic carbocycles. The molecule has 48 heavy (non-hydrogen) atoms. The summed E-state index contributed by atoms with van der Waals surface area (Å²) in [6.45, 7) is 11.5. The standard InChI is InChI=1S/C36H43N5O6S/c1-22-8-11-26(18-27(22)20-40-21-36(12-15-46-16-13-36)47-33-29(48(40,44)45)7-6-14-37-33)30(35(4,5)34(42)43)28-17-23(2)32-31(24(28)3)38-39-41(32)19-25-9-10-25/h6-8,11,14,17-18,25,30H,9-10,12-13,15-16,19-21H2,1-5H3,(H,42,43)/t30-/m0/s1. The molecule has 3 aliphatic rings. The third-order valence-electron chi connectivity index (χ3n) is 10.6. The van der Waals surface area contributed by atoms with Gasteiger partial charge in [0.25, 0.3) is 0 Å². The maximum atomic E-state index is 14.2. The molecule has 4 aromatic rings. The molecule has 1 N–H and O–H groups in total. The van der Waals surface area contributed by atoms with Gasteiger partial charge in [-0.05, 0) is 98.9 Å². The highest BCUT2D eigenvalue weighted by molar-refractivity contribution is 7.89. The third-order valence-corrected chi connectivity index (χ3v) is 12.4. The number of rotatable bonds is 8. The smallest absolute Gasteiger partial charge is 0.310 e. The fourth-order valence-corrected chi connectivity index (χ4v) is 8.95. The normalized spacial score (nSPS) is 19.9. The lowest BCUT2D eigenvalue weighted by atomic mass is 9.69. The molecular formula is C36H43N5O6S. The number of pyridine rings is 1. The van der Waals surface area contributed by atoms with Crippen LogP contribution in [0.4, 0.5) is 0 Å². The van der Waals surface area contributed by atoms with Gasteiger partial charge in [0.15, 0.2) is 0 Å². The number of hydrogen-bond acceptors (Lipinski definition) is 8. The number of benzene rings is 2. The van der Waals surface area contributed by atoms with Gasteiger partial charge in [-0.1, -0.05) is 29.5 Å². The molecule has 2 aromatic heterocycles. The highest BCUT2D eigenvalue weighted by Gasteiger charge is 2.46. The topological polar surface area (TPSA) is 137 Å². The summed E-state index contributed by atoms with van der Waals surface area (Å²) >= 11 is 0. The Kier molecular flexibility index (Phi) is 8.11. The average Bonchev–Trinajstić information content (AvgIpc) is 3.77. The summed E-state index contributed by atoms with van der Waals surface area (Å²) in [7, 11) is -3.98. The van der Waals surface area contributed by atoms with Crippen molar-refractivity contribution in [1.82, 2.24) is 24.3 Å². The molecule has 7 rings (SSSR count). The lowest BCUT2D eigenvalue weighted by Gasteiger charge is -2.38. The Morgan fingerprint density at radius 1 is 1.10 bits per heavy atom. The SMILES string of the molecule is Cc1ccc([C@@H](c2cc(C)c3c(nnn3CC3CC3)c2C)C(C)(C)C(=O)O)cc1CN1CC2(CCOCC2)Oc2ncccc2S1(=O)=O. The van der Waals surface area contributed by atoms with Crippen molar-refractivity contribution in [3.63, 3.8) is 0 Å². The van der Waals surface area contributed by atoms with Crippen LogP contribution in [-0.4, -0.2) is 69.1 Å². The minimum Gasteiger partial charge on any atom is -0.481 e. The predicted octanol–water partition coefficient (Wildman–Crippen LogP) is 5.54. The van der Waals surface area contributed by atoms with Gasteiger partial charge in [-0.2, -0.15) is 4.31 Å². The van der Waals surface area contributed by atoms with E-state index in [1.165, 1.54) is 17.1 Å². The molecule has 2 fully saturated rings. The number of aliphatic carboxylic acids is 1. The van der Waals surface area contributed by atoms with Gasteiger partial charge in [0, 0.05) is 38.0 Å². The minimum absolute atomic E-state index is 0.0428. The number of carboxylic acids is 1. The molecule has 1 spiro atoms. The lowest BCUT2D eigenvalue weighted by molar-refractivity contribution is -0.147. The van der Waals surface area contributed by atoms with Gasteiger partial charge in [0.1, 0.15) is 16.0 Å². The molecule has 0 bridgehead atoms. The Morgan fingerprint density at radius 2 is 1.85 bits per heavy atom. The number of carbonyl (C=O) groups is 1. The largest absolute Gasteiger partial charge is 0.481 e. The monoisotopic (exact) mass is 673 g/mol. The first kappa shape index (κ1) is 32.7. The molecule has 4 heterocycles. The highest BCUT2D eigenvalue weighted by atomic mass is 32.2. The van der Waals surface area contributed by atoms with E-state index < -0.39 is 32.9 Å². The number of carboxylic acid groups (broad SMARTS) is 1. The van der Waals surface area contributed by atoms with Crippen LogP contribution in [0.5, 0.6) is 5.88 Å². The highest BCUT2D eigenvalue weighted by Crippen LogP contribution is 2.45. The predicted molar refractivity (Wildman–Crippen MR) is 179 cm³/mol. The van der Waals surface area contributed by atoms with Crippen molar-refractivity contribution in [2.75, 3.05) is 19.8 Å². The number of nitrogens with zero attached hydrogens (tertiary/aromatic N) is 5. The molecule has 254 valence electrons. The Bertz CT molecular complexity index is 2010. The second kappa shape index (κ2) is 11.9. The summed E-state index contributed by atoms with van der Waals surface area (Å²) in [6.07, 6.45) is 5.02. The van der Waals surface area contributed by atoms with E-state index in [1.54, 1.807) is 32.2 Å². The number of sulfonamides is 1. The first-order valence-corrected chi connectivity index (χ1v) is 18.1. The van der Waals surface area contributed by atoms with Crippen molar-refractivity contribution in [2.24, 2.45) is 11.3 Å². The first-order chi connectivity index (χ1) is 22.8. The van der Waals surface area contributed by atoms with Gasteiger partial charge >= 0.3 is 5.97 Å². The molecule has 1 aliphatic carbocycles. The zero-order valence-corrected chi connectivity index (χ0v) is 29.0. The van der Waals surface area contributed by atoms with Crippen LogP contribution in [0.3, 0.4) is 0 Å². The molecule has 11 nitrogen and oxygen atoms in total. The van der Waals surface area contributed by atoms with E-state index in [-0.39, 0.29) is 23.9 Å². The van der Waals surface area contributed by atoms with E-state index >= 15 is 0 Å². The number of aryl methyl sites for hydroxylation is 3.